The average molecular weight is 148 g/mol. The van der Waals surface area contributed by atoms with Crippen LogP contribution in [0.3, 0.4) is 0 Å². The van der Waals surface area contributed by atoms with Crippen LogP contribution in [0.1, 0.15) is 0 Å². The number of ether oxygens (including phenoxy) is 2. The van der Waals surface area contributed by atoms with E-state index in [9.17, 15) is 0 Å². The van der Waals surface area contributed by atoms with Gasteiger partial charge in [0.15, 0.2) is 0 Å². The van der Waals surface area contributed by atoms with Crippen LogP contribution in [0, 0.1) is 0 Å². The van der Waals surface area contributed by atoms with Gasteiger partial charge in [-0.1, -0.05) is 0 Å². The van der Waals surface area contributed by atoms with Crippen LogP contribution in [-0.2, 0) is 9.47 Å². The van der Waals surface area contributed by atoms with Crippen LogP contribution < -0.4 is 0 Å². The second-order valence-corrected chi connectivity index (χ2v) is 7.04. The first-order chi connectivity index (χ1) is 4.21. The lowest BCUT2D eigenvalue weighted by Gasteiger charge is -2.25. The van der Waals surface area contributed by atoms with Crippen LogP contribution in [-0.4, -0.2) is 36.6 Å². The summed E-state index contributed by atoms with van der Waals surface area (Å²) in [5.74, 6) is 0. The molecule has 0 amide bonds. The molecule has 0 N–H and O–H groups in total. The second-order valence-electron chi connectivity index (χ2n) is 3.01. The standard InChI is InChI=1S/C6H12O2S/c1-9(2,5-3-7-5)6-4-8-6/h5-6H,3-4H2,1-2H3. The number of epoxide rings is 2. The molecule has 2 heterocycles. The quantitative estimate of drug-likeness (QED) is 0.540. The maximum atomic E-state index is 5.23. The topological polar surface area (TPSA) is 25.1 Å². The van der Waals surface area contributed by atoms with E-state index in [0.717, 1.165) is 13.2 Å². The molecule has 2 aliphatic rings. The van der Waals surface area contributed by atoms with E-state index < -0.39 is 10.0 Å². The largest absolute Gasteiger partial charge is 0.363 e. The lowest BCUT2D eigenvalue weighted by Crippen LogP contribution is -2.08. The first-order valence-corrected chi connectivity index (χ1v) is 5.73. The molecule has 2 unspecified atom stereocenters. The fourth-order valence-electron chi connectivity index (χ4n) is 0.949. The lowest BCUT2D eigenvalue weighted by atomic mass is 11.0. The molecule has 0 spiro atoms. The SMILES string of the molecule is CS(C)(C1CO1)C1CO1. The second kappa shape index (κ2) is 1.65. The molecule has 2 aliphatic heterocycles. The van der Waals surface area contributed by atoms with Crippen molar-refractivity contribution in [1.29, 1.82) is 0 Å². The van der Waals surface area contributed by atoms with E-state index in [1.807, 2.05) is 0 Å². The first-order valence-electron chi connectivity index (χ1n) is 3.15. The van der Waals surface area contributed by atoms with Crippen LogP contribution in [0.2, 0.25) is 0 Å². The molecular weight excluding hydrogens is 136 g/mol. The van der Waals surface area contributed by atoms with Gasteiger partial charge < -0.3 is 9.47 Å². The molecule has 0 saturated carbocycles. The molecule has 2 atom stereocenters. The Kier molecular flexibility index (Phi) is 1.10. The highest BCUT2D eigenvalue weighted by atomic mass is 32.3. The molecule has 54 valence electrons. The van der Waals surface area contributed by atoms with Crippen molar-refractivity contribution >= 4 is 10.0 Å². The average Bonchev–Trinajstić information content (AvgIpc) is 2.62. The molecule has 2 saturated heterocycles. The molecule has 9 heavy (non-hydrogen) atoms. The van der Waals surface area contributed by atoms with Gasteiger partial charge in [0, 0.05) is 0 Å². The minimum atomic E-state index is -0.537. The van der Waals surface area contributed by atoms with Crippen molar-refractivity contribution in [3.05, 3.63) is 0 Å². The Morgan fingerprint density at radius 2 is 1.44 bits per heavy atom. The van der Waals surface area contributed by atoms with Gasteiger partial charge in [0.1, 0.15) is 10.9 Å². The molecule has 0 aromatic rings. The Morgan fingerprint density at radius 1 is 1.11 bits per heavy atom. The third kappa shape index (κ3) is 0.974. The highest BCUT2D eigenvalue weighted by Gasteiger charge is 2.46. The van der Waals surface area contributed by atoms with Crippen molar-refractivity contribution in [3.8, 4) is 0 Å². The molecule has 0 radical (unpaired) electrons. The minimum absolute atomic E-state index is 0.537. The molecule has 2 fully saturated rings. The zero-order valence-corrected chi connectivity index (χ0v) is 6.61. The van der Waals surface area contributed by atoms with E-state index in [1.165, 1.54) is 0 Å². The molecule has 3 heteroatoms. The van der Waals surface area contributed by atoms with Crippen molar-refractivity contribution in [2.75, 3.05) is 25.7 Å². The normalized spacial score (nSPS) is 42.4. The molecule has 0 bridgehead atoms. The van der Waals surface area contributed by atoms with E-state index >= 15 is 0 Å². The summed E-state index contributed by atoms with van der Waals surface area (Å²) in [6, 6.07) is 0. The third-order valence-electron chi connectivity index (χ3n) is 1.96. The zero-order valence-electron chi connectivity index (χ0n) is 5.79. The highest BCUT2D eigenvalue weighted by molar-refractivity contribution is 8.33. The van der Waals surface area contributed by atoms with Crippen LogP contribution in [0.25, 0.3) is 0 Å². The van der Waals surface area contributed by atoms with Crippen LogP contribution in [0.4, 0.5) is 0 Å². The fraction of sp³-hybridized carbons (Fsp3) is 1.00. The molecule has 0 aliphatic carbocycles. The Bertz CT molecular complexity index is 113. The summed E-state index contributed by atoms with van der Waals surface area (Å²) in [4.78, 5) is 0. The van der Waals surface area contributed by atoms with Gasteiger partial charge in [0.2, 0.25) is 0 Å². The Balaban J connectivity index is 2.01. The summed E-state index contributed by atoms with van der Waals surface area (Å²) in [5.41, 5.74) is 1.12. The zero-order chi connectivity index (χ0) is 6.48. The van der Waals surface area contributed by atoms with Crippen molar-refractivity contribution in [1.82, 2.24) is 0 Å². The van der Waals surface area contributed by atoms with Crippen molar-refractivity contribution in [3.63, 3.8) is 0 Å². The number of hydrogen-bond acceptors (Lipinski definition) is 2. The van der Waals surface area contributed by atoms with E-state index in [2.05, 4.69) is 12.5 Å². The van der Waals surface area contributed by atoms with E-state index in [4.69, 9.17) is 9.47 Å². The summed E-state index contributed by atoms with van der Waals surface area (Å²) < 4.78 is 10.5. The predicted octanol–water partition coefficient (Wildman–Crippen LogP) is 0.763. The van der Waals surface area contributed by atoms with E-state index in [-0.39, 0.29) is 0 Å². The maximum Gasteiger partial charge on any atom is 0.113 e. The number of rotatable bonds is 2. The molecule has 2 nitrogen and oxygen atoms in total. The van der Waals surface area contributed by atoms with Crippen molar-refractivity contribution in [2.24, 2.45) is 0 Å². The molecule has 2 rings (SSSR count). The highest BCUT2D eigenvalue weighted by Crippen LogP contribution is 2.59. The van der Waals surface area contributed by atoms with Crippen LogP contribution >= 0.6 is 10.0 Å². The van der Waals surface area contributed by atoms with Crippen molar-refractivity contribution in [2.45, 2.75) is 10.9 Å². The van der Waals surface area contributed by atoms with Gasteiger partial charge in [-0.15, -0.1) is 0 Å². The minimum Gasteiger partial charge on any atom is -0.363 e. The predicted molar refractivity (Wildman–Crippen MR) is 38.9 cm³/mol. The summed E-state index contributed by atoms with van der Waals surface area (Å²) in [6.45, 7) is 1.95. The maximum absolute atomic E-state index is 5.23. The summed E-state index contributed by atoms with van der Waals surface area (Å²) in [7, 11) is -0.537. The lowest BCUT2D eigenvalue weighted by molar-refractivity contribution is 0.443. The van der Waals surface area contributed by atoms with Crippen LogP contribution in [0.15, 0.2) is 0 Å². The van der Waals surface area contributed by atoms with Gasteiger partial charge >= 0.3 is 0 Å². The third-order valence-corrected chi connectivity index (χ3v) is 5.22. The van der Waals surface area contributed by atoms with E-state index in [1.54, 1.807) is 0 Å². The summed E-state index contributed by atoms with van der Waals surface area (Å²) in [5, 5.41) is 0. The molecule has 0 aromatic heterocycles. The van der Waals surface area contributed by atoms with Gasteiger partial charge in [-0.3, -0.25) is 0 Å². The Morgan fingerprint density at radius 3 is 1.67 bits per heavy atom. The Labute approximate surface area is 56.8 Å². The van der Waals surface area contributed by atoms with E-state index in [0.29, 0.717) is 10.9 Å². The van der Waals surface area contributed by atoms with Gasteiger partial charge in [-0.2, -0.15) is 10.0 Å². The monoisotopic (exact) mass is 148 g/mol. The fourth-order valence-corrected chi connectivity index (χ4v) is 2.85. The Hall–Kier alpha value is 0.270. The summed E-state index contributed by atoms with van der Waals surface area (Å²) in [6.07, 6.45) is 4.59. The van der Waals surface area contributed by atoms with Gasteiger partial charge in [-0.25, -0.2) is 0 Å². The van der Waals surface area contributed by atoms with Gasteiger partial charge in [-0.05, 0) is 12.5 Å². The van der Waals surface area contributed by atoms with Crippen LogP contribution in [0.5, 0.6) is 0 Å². The first kappa shape index (κ1) is 6.01. The smallest absolute Gasteiger partial charge is 0.113 e. The van der Waals surface area contributed by atoms with Gasteiger partial charge in [0.05, 0.1) is 13.2 Å². The molecular formula is C6H12O2S. The summed E-state index contributed by atoms with van der Waals surface area (Å²) >= 11 is 0. The number of hydrogen-bond donors (Lipinski definition) is 0. The van der Waals surface area contributed by atoms with Crippen molar-refractivity contribution < 1.29 is 9.47 Å². The van der Waals surface area contributed by atoms with Gasteiger partial charge in [0.25, 0.3) is 0 Å². The molecule has 0 aromatic carbocycles.